The molecule has 0 spiro atoms. The number of nitrogens with two attached hydrogens (primary N) is 1. The van der Waals surface area contributed by atoms with Crippen LogP contribution in [-0.2, 0) is 13.5 Å². The van der Waals surface area contributed by atoms with Crippen molar-refractivity contribution in [3.8, 4) is 11.3 Å². The molecule has 0 aliphatic carbocycles. The maximum absolute atomic E-state index is 6.20. The largest absolute Gasteiger partial charge is 0.330 e. The Balaban J connectivity index is 2.52. The van der Waals surface area contributed by atoms with Crippen LogP contribution in [0.3, 0.4) is 0 Å². The van der Waals surface area contributed by atoms with Gasteiger partial charge in [-0.05, 0) is 19.5 Å². The Hall–Kier alpha value is -1.32. The fourth-order valence-corrected chi connectivity index (χ4v) is 2.30. The number of rotatable bonds is 3. The molecular weight excluding hydrogens is 234 g/mol. The van der Waals surface area contributed by atoms with Crippen LogP contribution in [0.15, 0.2) is 24.3 Å². The quantitative estimate of drug-likeness (QED) is 0.909. The van der Waals surface area contributed by atoms with E-state index in [-0.39, 0.29) is 0 Å². The lowest BCUT2D eigenvalue weighted by atomic mass is 10.1. The van der Waals surface area contributed by atoms with Gasteiger partial charge in [0.25, 0.3) is 0 Å². The molecule has 0 aliphatic heterocycles. The van der Waals surface area contributed by atoms with Gasteiger partial charge in [0, 0.05) is 19.0 Å². The highest BCUT2D eigenvalue weighted by Crippen LogP contribution is 2.28. The molecule has 17 heavy (non-hydrogen) atoms. The maximum Gasteiger partial charge on any atom is 0.155 e. The van der Waals surface area contributed by atoms with E-state index in [2.05, 4.69) is 24.0 Å². The van der Waals surface area contributed by atoms with E-state index in [0.717, 1.165) is 23.5 Å². The van der Waals surface area contributed by atoms with Gasteiger partial charge in [-0.1, -0.05) is 35.4 Å². The van der Waals surface area contributed by atoms with Crippen molar-refractivity contribution in [3.63, 3.8) is 0 Å². The number of hydrogen-bond acceptors (Lipinski definition) is 2. The van der Waals surface area contributed by atoms with Crippen LogP contribution in [0.5, 0.6) is 0 Å². The Kier molecular flexibility index (Phi) is 3.50. The molecule has 0 radical (unpaired) electrons. The highest BCUT2D eigenvalue weighted by atomic mass is 35.5. The van der Waals surface area contributed by atoms with Gasteiger partial charge in [-0.2, -0.15) is 0 Å². The molecule has 1 heterocycles. The van der Waals surface area contributed by atoms with Crippen LogP contribution in [-0.4, -0.2) is 16.1 Å². The number of hydrogen-bond donors (Lipinski definition) is 1. The molecule has 0 saturated heterocycles. The molecule has 90 valence electrons. The van der Waals surface area contributed by atoms with E-state index in [9.17, 15) is 0 Å². The third-order valence-corrected chi connectivity index (χ3v) is 3.07. The predicted molar refractivity (Wildman–Crippen MR) is 71.1 cm³/mol. The lowest BCUT2D eigenvalue weighted by molar-refractivity contribution is 0.782. The van der Waals surface area contributed by atoms with Crippen molar-refractivity contribution < 1.29 is 0 Å². The summed E-state index contributed by atoms with van der Waals surface area (Å²) in [6.45, 7) is 2.64. The van der Waals surface area contributed by atoms with E-state index in [1.165, 1.54) is 5.56 Å². The molecule has 3 nitrogen and oxygen atoms in total. The van der Waals surface area contributed by atoms with Gasteiger partial charge in [0.1, 0.15) is 5.82 Å². The highest BCUT2D eigenvalue weighted by molar-refractivity contribution is 6.32. The second-order valence-electron chi connectivity index (χ2n) is 4.13. The first-order chi connectivity index (χ1) is 8.13. The molecule has 2 rings (SSSR count). The zero-order chi connectivity index (χ0) is 12.4. The third kappa shape index (κ3) is 2.35. The number of halogens is 1. The molecule has 0 amide bonds. The van der Waals surface area contributed by atoms with E-state index >= 15 is 0 Å². The van der Waals surface area contributed by atoms with Crippen LogP contribution >= 0.6 is 11.6 Å². The molecule has 4 heteroatoms. The van der Waals surface area contributed by atoms with Crippen LogP contribution in [0.2, 0.25) is 5.15 Å². The van der Waals surface area contributed by atoms with Gasteiger partial charge in [0.05, 0.1) is 5.69 Å². The summed E-state index contributed by atoms with van der Waals surface area (Å²) in [5, 5.41) is 0.543. The van der Waals surface area contributed by atoms with Crippen LogP contribution in [0, 0.1) is 6.92 Å². The Morgan fingerprint density at radius 2 is 2.18 bits per heavy atom. The standard InChI is InChI=1S/C13H16ClN3/c1-9-4-3-5-10(8-9)12-13(14)16-11(6-7-15)17(12)2/h3-5,8H,6-7,15H2,1-2H3. The number of imidazole rings is 1. The molecule has 0 aliphatic rings. The van der Waals surface area contributed by atoms with Crippen molar-refractivity contribution in [2.24, 2.45) is 12.8 Å². The number of aryl methyl sites for hydroxylation is 1. The van der Waals surface area contributed by atoms with E-state index in [1.54, 1.807) is 0 Å². The van der Waals surface area contributed by atoms with Crippen LogP contribution in [0.25, 0.3) is 11.3 Å². The third-order valence-electron chi connectivity index (χ3n) is 2.80. The molecule has 0 atom stereocenters. The molecule has 1 aromatic carbocycles. The van der Waals surface area contributed by atoms with Crippen molar-refractivity contribution in [1.29, 1.82) is 0 Å². The smallest absolute Gasteiger partial charge is 0.155 e. The molecule has 0 saturated carbocycles. The normalized spacial score (nSPS) is 10.8. The Labute approximate surface area is 106 Å². The molecule has 0 unspecified atom stereocenters. The number of nitrogens with zero attached hydrogens (tertiary/aromatic N) is 2. The summed E-state index contributed by atoms with van der Waals surface area (Å²) in [6.07, 6.45) is 0.738. The topological polar surface area (TPSA) is 43.8 Å². The molecule has 2 N–H and O–H groups in total. The Morgan fingerprint density at radius 3 is 2.82 bits per heavy atom. The number of benzene rings is 1. The van der Waals surface area contributed by atoms with Gasteiger partial charge in [0.2, 0.25) is 0 Å². The fourth-order valence-electron chi connectivity index (χ4n) is 1.97. The monoisotopic (exact) mass is 249 g/mol. The van der Waals surface area contributed by atoms with E-state index in [1.807, 2.05) is 23.7 Å². The summed E-state index contributed by atoms with van der Waals surface area (Å²) in [7, 11) is 1.97. The first kappa shape index (κ1) is 12.1. The molecule has 2 aromatic rings. The predicted octanol–water partition coefficient (Wildman–Crippen LogP) is 2.55. The van der Waals surface area contributed by atoms with Gasteiger partial charge >= 0.3 is 0 Å². The minimum absolute atomic E-state index is 0.543. The highest BCUT2D eigenvalue weighted by Gasteiger charge is 2.14. The summed E-state index contributed by atoms with van der Waals surface area (Å²) in [6, 6.07) is 8.24. The van der Waals surface area contributed by atoms with Gasteiger partial charge in [-0.3, -0.25) is 0 Å². The summed E-state index contributed by atoms with van der Waals surface area (Å²) in [5.41, 5.74) is 8.81. The van der Waals surface area contributed by atoms with Gasteiger partial charge in [-0.15, -0.1) is 0 Å². The summed E-state index contributed by atoms with van der Waals surface area (Å²) < 4.78 is 2.02. The summed E-state index contributed by atoms with van der Waals surface area (Å²) >= 11 is 6.20. The molecular formula is C13H16ClN3. The number of aromatic nitrogens is 2. The lowest BCUT2D eigenvalue weighted by Gasteiger charge is -2.06. The summed E-state index contributed by atoms with van der Waals surface area (Å²) in [5.74, 6) is 0.925. The minimum Gasteiger partial charge on any atom is -0.330 e. The zero-order valence-electron chi connectivity index (χ0n) is 10.1. The molecule has 0 fully saturated rings. The van der Waals surface area contributed by atoms with Crippen molar-refractivity contribution in [1.82, 2.24) is 9.55 Å². The van der Waals surface area contributed by atoms with E-state index < -0.39 is 0 Å². The molecule has 0 bridgehead atoms. The average molecular weight is 250 g/mol. The second kappa shape index (κ2) is 4.90. The average Bonchev–Trinajstić information content (AvgIpc) is 2.55. The van der Waals surface area contributed by atoms with E-state index in [0.29, 0.717) is 11.7 Å². The van der Waals surface area contributed by atoms with E-state index in [4.69, 9.17) is 17.3 Å². The molecule has 1 aromatic heterocycles. The van der Waals surface area contributed by atoms with Gasteiger partial charge in [-0.25, -0.2) is 4.98 Å². The van der Waals surface area contributed by atoms with Gasteiger partial charge < -0.3 is 10.3 Å². The Bertz CT molecular complexity index is 531. The second-order valence-corrected chi connectivity index (χ2v) is 4.49. The van der Waals surface area contributed by atoms with Crippen molar-refractivity contribution in [2.75, 3.05) is 6.54 Å². The van der Waals surface area contributed by atoms with Crippen molar-refractivity contribution >= 4 is 11.6 Å². The van der Waals surface area contributed by atoms with Gasteiger partial charge in [0.15, 0.2) is 5.15 Å². The van der Waals surface area contributed by atoms with Crippen LogP contribution in [0.4, 0.5) is 0 Å². The first-order valence-electron chi connectivity index (χ1n) is 5.61. The Morgan fingerprint density at radius 1 is 1.41 bits per heavy atom. The minimum atomic E-state index is 0.543. The SMILES string of the molecule is Cc1cccc(-c2c(Cl)nc(CCN)n2C)c1. The van der Waals surface area contributed by atoms with Crippen molar-refractivity contribution in [3.05, 3.63) is 40.8 Å². The summed E-state index contributed by atoms with van der Waals surface area (Å²) in [4.78, 5) is 4.35. The van der Waals surface area contributed by atoms with Crippen molar-refractivity contribution in [2.45, 2.75) is 13.3 Å². The lowest BCUT2D eigenvalue weighted by Crippen LogP contribution is -2.08. The van der Waals surface area contributed by atoms with Crippen LogP contribution < -0.4 is 5.73 Å². The zero-order valence-corrected chi connectivity index (χ0v) is 10.8. The maximum atomic E-state index is 6.20. The first-order valence-corrected chi connectivity index (χ1v) is 5.99. The fraction of sp³-hybridized carbons (Fsp3) is 0.308. The van der Waals surface area contributed by atoms with Crippen LogP contribution in [0.1, 0.15) is 11.4 Å².